The van der Waals surface area contributed by atoms with Crippen LogP contribution in [0.2, 0.25) is 0 Å². The van der Waals surface area contributed by atoms with Crippen LogP contribution in [0.5, 0.6) is 5.75 Å². The number of nitrogens with one attached hydrogen (secondary N) is 1. The summed E-state index contributed by atoms with van der Waals surface area (Å²) in [4.78, 5) is 2.43. The second kappa shape index (κ2) is 7.09. The molecule has 1 fully saturated rings. The van der Waals surface area contributed by atoms with Gasteiger partial charge in [0.05, 0.1) is 7.11 Å². The van der Waals surface area contributed by atoms with E-state index in [1.807, 2.05) is 0 Å². The number of methoxy groups -OCH3 is 1. The highest BCUT2D eigenvalue weighted by molar-refractivity contribution is 9.10. The Kier molecular flexibility index (Phi) is 5.65. The first-order valence-corrected chi connectivity index (χ1v) is 9.32. The van der Waals surface area contributed by atoms with Crippen LogP contribution in [0.1, 0.15) is 19.8 Å². The number of halogens is 1. The van der Waals surface area contributed by atoms with Crippen molar-refractivity contribution in [2.75, 3.05) is 26.7 Å². The second-order valence-electron chi connectivity index (χ2n) is 5.15. The van der Waals surface area contributed by atoms with E-state index in [2.05, 4.69) is 32.5 Å². The molecule has 118 valence electrons. The van der Waals surface area contributed by atoms with Crippen LogP contribution in [0.4, 0.5) is 0 Å². The van der Waals surface area contributed by atoms with Crippen LogP contribution in [0.25, 0.3) is 0 Å². The standard InChI is InChI=1S/C14H21BrN2O3S/c1-3-17-8-4-5-12(10-17)16-21(18,19)14-9-11(15)6-7-13(14)20-2/h6-7,9,12,16H,3-5,8,10H2,1-2H3/t12-/m0/s1. The Labute approximate surface area is 134 Å². The number of nitrogens with zero attached hydrogens (tertiary/aromatic N) is 1. The fraction of sp³-hybridized carbons (Fsp3) is 0.571. The largest absolute Gasteiger partial charge is 0.495 e. The van der Waals surface area contributed by atoms with Gasteiger partial charge in [0.2, 0.25) is 10.0 Å². The summed E-state index contributed by atoms with van der Waals surface area (Å²) in [6, 6.07) is 4.93. The average molecular weight is 377 g/mol. The summed E-state index contributed by atoms with van der Waals surface area (Å²) in [5.74, 6) is 0.355. The quantitative estimate of drug-likeness (QED) is 0.855. The zero-order valence-electron chi connectivity index (χ0n) is 12.3. The van der Waals surface area contributed by atoms with Gasteiger partial charge in [-0.25, -0.2) is 13.1 Å². The Balaban J connectivity index is 2.20. The van der Waals surface area contributed by atoms with Crippen molar-refractivity contribution < 1.29 is 13.2 Å². The first-order valence-electron chi connectivity index (χ1n) is 7.04. The van der Waals surface area contributed by atoms with Crippen molar-refractivity contribution in [3.05, 3.63) is 22.7 Å². The molecule has 0 radical (unpaired) electrons. The van der Waals surface area contributed by atoms with Crippen LogP contribution < -0.4 is 9.46 Å². The van der Waals surface area contributed by atoms with E-state index in [9.17, 15) is 8.42 Å². The topological polar surface area (TPSA) is 58.6 Å². The lowest BCUT2D eigenvalue weighted by Crippen LogP contribution is -2.47. The molecule has 1 saturated heterocycles. The highest BCUT2D eigenvalue weighted by Crippen LogP contribution is 2.27. The van der Waals surface area contributed by atoms with E-state index in [1.54, 1.807) is 18.2 Å². The Morgan fingerprint density at radius 2 is 2.24 bits per heavy atom. The van der Waals surface area contributed by atoms with Crippen LogP contribution in [0, 0.1) is 0 Å². The average Bonchev–Trinajstić information content (AvgIpc) is 2.47. The van der Waals surface area contributed by atoms with Crippen molar-refractivity contribution in [1.29, 1.82) is 0 Å². The SMILES string of the molecule is CCN1CCC[C@H](NS(=O)(=O)c2cc(Br)ccc2OC)C1. The van der Waals surface area contributed by atoms with E-state index in [0.29, 0.717) is 10.2 Å². The van der Waals surface area contributed by atoms with Crippen molar-refractivity contribution >= 4 is 26.0 Å². The molecule has 0 bridgehead atoms. The van der Waals surface area contributed by atoms with Crippen LogP contribution in [-0.4, -0.2) is 46.1 Å². The van der Waals surface area contributed by atoms with Gasteiger partial charge < -0.3 is 9.64 Å². The van der Waals surface area contributed by atoms with Crippen LogP contribution in [-0.2, 0) is 10.0 Å². The van der Waals surface area contributed by atoms with E-state index < -0.39 is 10.0 Å². The molecule has 1 N–H and O–H groups in total. The summed E-state index contributed by atoms with van der Waals surface area (Å²) in [6.45, 7) is 4.83. The molecule has 1 aromatic carbocycles. The molecule has 0 aliphatic carbocycles. The molecule has 0 saturated carbocycles. The molecule has 0 unspecified atom stereocenters. The molecule has 5 nitrogen and oxygen atoms in total. The Bertz CT molecular complexity index is 592. The number of piperidine rings is 1. The van der Waals surface area contributed by atoms with E-state index >= 15 is 0 Å². The van der Waals surface area contributed by atoms with Gasteiger partial charge in [-0.05, 0) is 44.1 Å². The molecule has 1 aromatic rings. The molecule has 7 heteroatoms. The number of hydrogen-bond acceptors (Lipinski definition) is 4. The van der Waals surface area contributed by atoms with Gasteiger partial charge in [0.25, 0.3) is 0 Å². The summed E-state index contributed by atoms with van der Waals surface area (Å²) >= 11 is 3.31. The Morgan fingerprint density at radius 3 is 2.90 bits per heavy atom. The van der Waals surface area contributed by atoms with E-state index in [1.165, 1.54) is 7.11 Å². The number of likely N-dealkylation sites (N-methyl/N-ethyl adjacent to an activating group) is 1. The van der Waals surface area contributed by atoms with Crippen molar-refractivity contribution in [2.24, 2.45) is 0 Å². The van der Waals surface area contributed by atoms with E-state index in [0.717, 1.165) is 32.5 Å². The third-order valence-electron chi connectivity index (χ3n) is 3.69. The zero-order chi connectivity index (χ0) is 15.5. The number of sulfonamides is 1. The van der Waals surface area contributed by atoms with Crippen LogP contribution in [0.3, 0.4) is 0 Å². The van der Waals surface area contributed by atoms with Gasteiger partial charge in [0, 0.05) is 17.1 Å². The van der Waals surface area contributed by atoms with E-state index in [-0.39, 0.29) is 10.9 Å². The first kappa shape index (κ1) is 16.7. The molecule has 1 aliphatic heterocycles. The number of rotatable bonds is 5. The maximum atomic E-state index is 12.6. The lowest BCUT2D eigenvalue weighted by Gasteiger charge is -2.32. The molecule has 0 spiro atoms. The molecular formula is C14H21BrN2O3S. The Hall–Kier alpha value is -0.630. The molecular weight excluding hydrogens is 356 g/mol. The molecule has 2 rings (SSSR count). The smallest absolute Gasteiger partial charge is 0.244 e. The number of ether oxygens (including phenoxy) is 1. The monoisotopic (exact) mass is 376 g/mol. The van der Waals surface area contributed by atoms with Crippen molar-refractivity contribution in [2.45, 2.75) is 30.7 Å². The van der Waals surface area contributed by atoms with Gasteiger partial charge >= 0.3 is 0 Å². The molecule has 1 atom stereocenters. The lowest BCUT2D eigenvalue weighted by atomic mass is 10.1. The zero-order valence-corrected chi connectivity index (χ0v) is 14.7. The van der Waals surface area contributed by atoms with Gasteiger partial charge in [-0.2, -0.15) is 0 Å². The van der Waals surface area contributed by atoms with Gasteiger partial charge in [-0.3, -0.25) is 0 Å². The van der Waals surface area contributed by atoms with Crippen molar-refractivity contribution in [3.8, 4) is 5.75 Å². The predicted octanol–water partition coefficient (Wildman–Crippen LogP) is 2.22. The normalized spacial score (nSPS) is 20.4. The first-order chi connectivity index (χ1) is 9.96. The number of likely N-dealkylation sites (tertiary alicyclic amines) is 1. The van der Waals surface area contributed by atoms with Gasteiger partial charge in [-0.1, -0.05) is 22.9 Å². The third-order valence-corrected chi connectivity index (χ3v) is 5.72. The van der Waals surface area contributed by atoms with Crippen molar-refractivity contribution in [1.82, 2.24) is 9.62 Å². The summed E-state index contributed by atoms with van der Waals surface area (Å²) in [6.07, 6.45) is 1.88. The minimum atomic E-state index is -3.59. The maximum Gasteiger partial charge on any atom is 0.244 e. The fourth-order valence-electron chi connectivity index (χ4n) is 2.58. The number of hydrogen-bond donors (Lipinski definition) is 1. The molecule has 0 amide bonds. The van der Waals surface area contributed by atoms with Gasteiger partial charge in [0.1, 0.15) is 10.6 Å². The highest BCUT2D eigenvalue weighted by Gasteiger charge is 2.26. The maximum absolute atomic E-state index is 12.6. The van der Waals surface area contributed by atoms with Crippen LogP contribution >= 0.6 is 15.9 Å². The minimum absolute atomic E-state index is 0.0487. The van der Waals surface area contributed by atoms with Gasteiger partial charge in [0.15, 0.2) is 0 Å². The van der Waals surface area contributed by atoms with E-state index in [4.69, 9.17) is 4.74 Å². The predicted molar refractivity (Wildman–Crippen MR) is 86.2 cm³/mol. The molecule has 1 aliphatic rings. The van der Waals surface area contributed by atoms with Gasteiger partial charge in [-0.15, -0.1) is 0 Å². The highest BCUT2D eigenvalue weighted by atomic mass is 79.9. The lowest BCUT2D eigenvalue weighted by molar-refractivity contribution is 0.211. The molecule has 21 heavy (non-hydrogen) atoms. The third kappa shape index (κ3) is 4.18. The summed E-state index contributed by atoms with van der Waals surface area (Å²) < 4.78 is 33.9. The Morgan fingerprint density at radius 1 is 1.48 bits per heavy atom. The fourth-order valence-corrected chi connectivity index (χ4v) is 4.55. The molecule has 1 heterocycles. The molecule has 0 aromatic heterocycles. The summed E-state index contributed by atoms with van der Waals surface area (Å²) in [5.41, 5.74) is 0. The number of benzene rings is 1. The summed E-state index contributed by atoms with van der Waals surface area (Å²) in [5, 5.41) is 0. The summed E-state index contributed by atoms with van der Waals surface area (Å²) in [7, 11) is -2.11. The van der Waals surface area contributed by atoms with Crippen LogP contribution in [0.15, 0.2) is 27.6 Å². The van der Waals surface area contributed by atoms with Crippen molar-refractivity contribution in [3.63, 3.8) is 0 Å². The second-order valence-corrected chi connectivity index (χ2v) is 7.75. The minimum Gasteiger partial charge on any atom is -0.495 e.